The SMILES string of the molecule is Cc1ccc(-c2nc3ccccc3n2-c2ccccc2)c2c1C=C=C=C2. The molecule has 2 heteroatoms. The summed E-state index contributed by atoms with van der Waals surface area (Å²) in [4.78, 5) is 4.98. The first-order chi connectivity index (χ1) is 12.8. The Morgan fingerprint density at radius 3 is 2.35 bits per heavy atom. The molecular formula is C24H16N2. The number of aromatic nitrogens is 2. The molecule has 0 bridgehead atoms. The largest absolute Gasteiger partial charge is 0.292 e. The Labute approximate surface area is 152 Å². The second-order valence-electron chi connectivity index (χ2n) is 6.43. The number of aryl methyl sites for hydroxylation is 1. The Bertz CT molecular complexity index is 1250. The molecule has 1 aliphatic rings. The van der Waals surface area contributed by atoms with Crippen molar-refractivity contribution in [2.75, 3.05) is 0 Å². The highest BCUT2D eigenvalue weighted by Gasteiger charge is 2.18. The third kappa shape index (κ3) is 2.18. The molecule has 4 aromatic rings. The van der Waals surface area contributed by atoms with E-state index in [0.717, 1.165) is 33.7 Å². The summed E-state index contributed by atoms with van der Waals surface area (Å²) in [6, 6.07) is 23.0. The number of hydrogen-bond acceptors (Lipinski definition) is 1. The van der Waals surface area contributed by atoms with Gasteiger partial charge in [-0.05, 0) is 54.5 Å². The van der Waals surface area contributed by atoms with Crippen LogP contribution in [0.1, 0.15) is 16.7 Å². The minimum atomic E-state index is 0.946. The van der Waals surface area contributed by atoms with Gasteiger partial charge in [-0.15, -0.1) is 0 Å². The van der Waals surface area contributed by atoms with Crippen molar-refractivity contribution >= 4 is 23.2 Å². The highest BCUT2D eigenvalue weighted by atomic mass is 15.1. The molecule has 0 saturated carbocycles. The van der Waals surface area contributed by atoms with Crippen LogP contribution in [0, 0.1) is 6.92 Å². The van der Waals surface area contributed by atoms with Crippen LogP contribution in [0.15, 0.2) is 78.2 Å². The molecule has 0 aliphatic heterocycles. The third-order valence-electron chi connectivity index (χ3n) is 4.84. The number of para-hydroxylation sites is 3. The van der Waals surface area contributed by atoms with Gasteiger partial charge in [-0.2, -0.15) is 0 Å². The van der Waals surface area contributed by atoms with Crippen molar-refractivity contribution in [1.82, 2.24) is 9.55 Å². The Balaban J connectivity index is 1.88. The fraction of sp³-hybridized carbons (Fsp3) is 0.0417. The molecular weight excluding hydrogens is 316 g/mol. The number of benzene rings is 3. The van der Waals surface area contributed by atoms with Gasteiger partial charge in [0.25, 0.3) is 0 Å². The first-order valence-electron chi connectivity index (χ1n) is 8.67. The van der Waals surface area contributed by atoms with Gasteiger partial charge in [-0.25, -0.2) is 4.98 Å². The third-order valence-corrected chi connectivity index (χ3v) is 4.84. The van der Waals surface area contributed by atoms with Crippen LogP contribution in [0.3, 0.4) is 0 Å². The molecule has 0 atom stereocenters. The smallest absolute Gasteiger partial charge is 0.146 e. The molecule has 2 nitrogen and oxygen atoms in total. The lowest BCUT2D eigenvalue weighted by atomic mass is 9.94. The zero-order valence-electron chi connectivity index (χ0n) is 14.4. The predicted molar refractivity (Wildman–Crippen MR) is 107 cm³/mol. The van der Waals surface area contributed by atoms with Crippen LogP contribution in [0.25, 0.3) is 40.3 Å². The number of rotatable bonds is 2. The predicted octanol–water partition coefficient (Wildman–Crippen LogP) is 5.79. The van der Waals surface area contributed by atoms with Gasteiger partial charge in [-0.1, -0.05) is 53.9 Å². The Hall–Kier alpha value is -3.57. The minimum Gasteiger partial charge on any atom is -0.292 e. The molecule has 3 aromatic carbocycles. The van der Waals surface area contributed by atoms with Gasteiger partial charge in [0.05, 0.1) is 11.0 Å². The van der Waals surface area contributed by atoms with E-state index in [-0.39, 0.29) is 0 Å². The highest BCUT2D eigenvalue weighted by molar-refractivity contribution is 5.88. The quantitative estimate of drug-likeness (QED) is 0.374. The summed E-state index contributed by atoms with van der Waals surface area (Å²) in [5.74, 6) is 0.946. The molecule has 1 aromatic heterocycles. The van der Waals surface area contributed by atoms with E-state index < -0.39 is 0 Å². The molecule has 122 valence electrons. The monoisotopic (exact) mass is 332 g/mol. The average molecular weight is 332 g/mol. The van der Waals surface area contributed by atoms with Crippen LogP contribution in [-0.2, 0) is 0 Å². The van der Waals surface area contributed by atoms with E-state index in [2.05, 4.69) is 77.6 Å². The summed E-state index contributed by atoms with van der Waals surface area (Å²) in [5.41, 5.74) is 14.1. The first kappa shape index (κ1) is 14.7. The van der Waals surface area contributed by atoms with Gasteiger partial charge >= 0.3 is 0 Å². The van der Waals surface area contributed by atoms with E-state index in [1.165, 1.54) is 11.1 Å². The van der Waals surface area contributed by atoms with Gasteiger partial charge in [0.1, 0.15) is 5.82 Å². The van der Waals surface area contributed by atoms with Gasteiger partial charge in [0.2, 0.25) is 0 Å². The average Bonchev–Trinajstić information content (AvgIpc) is 3.08. The summed E-state index contributed by atoms with van der Waals surface area (Å²) >= 11 is 0. The Morgan fingerprint density at radius 2 is 1.50 bits per heavy atom. The van der Waals surface area contributed by atoms with Gasteiger partial charge in [-0.3, -0.25) is 4.57 Å². The molecule has 5 rings (SSSR count). The van der Waals surface area contributed by atoms with E-state index >= 15 is 0 Å². The molecule has 1 heterocycles. The van der Waals surface area contributed by atoms with Crippen molar-refractivity contribution in [3.63, 3.8) is 0 Å². The van der Waals surface area contributed by atoms with Gasteiger partial charge < -0.3 is 0 Å². The van der Waals surface area contributed by atoms with E-state index in [9.17, 15) is 0 Å². The fourth-order valence-corrected chi connectivity index (χ4v) is 3.56. The van der Waals surface area contributed by atoms with Crippen LogP contribution in [-0.4, -0.2) is 9.55 Å². The van der Waals surface area contributed by atoms with Crippen molar-refractivity contribution in [1.29, 1.82) is 0 Å². The number of hydrogen-bond donors (Lipinski definition) is 0. The summed E-state index contributed by atoms with van der Waals surface area (Å²) < 4.78 is 2.23. The lowest BCUT2D eigenvalue weighted by Crippen LogP contribution is -2.00. The lowest BCUT2D eigenvalue weighted by molar-refractivity contribution is 1.10. The summed E-state index contributed by atoms with van der Waals surface area (Å²) in [6.45, 7) is 2.13. The number of imidazole rings is 1. The maximum Gasteiger partial charge on any atom is 0.146 e. The van der Waals surface area contributed by atoms with Crippen molar-refractivity contribution in [3.8, 4) is 17.1 Å². The van der Waals surface area contributed by atoms with Crippen LogP contribution < -0.4 is 0 Å². The lowest BCUT2D eigenvalue weighted by Gasteiger charge is -2.14. The van der Waals surface area contributed by atoms with E-state index in [1.54, 1.807) is 0 Å². The maximum atomic E-state index is 4.98. The van der Waals surface area contributed by atoms with E-state index in [0.29, 0.717) is 0 Å². The standard InChI is InChI=1S/C24H16N2/c1-17-15-16-21(20-12-6-5-11-19(17)20)24-25-22-13-7-8-14-23(22)26(24)18-9-3-2-4-10-18/h2-4,7-16H,1H3. The van der Waals surface area contributed by atoms with Gasteiger partial charge in [0, 0.05) is 16.8 Å². The second kappa shape index (κ2) is 5.75. The minimum absolute atomic E-state index is 0.946. The van der Waals surface area contributed by atoms with Crippen LogP contribution in [0.2, 0.25) is 0 Å². The Kier molecular flexibility index (Phi) is 3.26. The van der Waals surface area contributed by atoms with Crippen LogP contribution >= 0.6 is 0 Å². The van der Waals surface area contributed by atoms with Crippen LogP contribution in [0.4, 0.5) is 0 Å². The molecule has 0 fully saturated rings. The summed E-state index contributed by atoms with van der Waals surface area (Å²) in [5, 5.41) is 0. The molecule has 0 amide bonds. The van der Waals surface area contributed by atoms with Crippen molar-refractivity contribution in [3.05, 3.63) is 94.9 Å². The van der Waals surface area contributed by atoms with Crippen molar-refractivity contribution in [2.24, 2.45) is 0 Å². The van der Waals surface area contributed by atoms with E-state index in [1.807, 2.05) is 24.3 Å². The second-order valence-corrected chi connectivity index (χ2v) is 6.43. The molecule has 0 unspecified atom stereocenters. The first-order valence-corrected chi connectivity index (χ1v) is 8.67. The summed E-state index contributed by atoms with van der Waals surface area (Å²) in [6.07, 6.45) is 4.01. The number of fused-ring (bicyclic) bond motifs is 2. The molecule has 0 N–H and O–H groups in total. The maximum absolute atomic E-state index is 4.98. The number of nitrogens with zero attached hydrogens (tertiary/aromatic N) is 2. The van der Waals surface area contributed by atoms with Gasteiger partial charge in [0.15, 0.2) is 0 Å². The zero-order valence-corrected chi connectivity index (χ0v) is 14.4. The Morgan fingerprint density at radius 1 is 0.769 bits per heavy atom. The molecule has 1 aliphatic carbocycles. The van der Waals surface area contributed by atoms with Crippen molar-refractivity contribution < 1.29 is 0 Å². The zero-order chi connectivity index (χ0) is 17.5. The molecule has 0 saturated heterocycles. The van der Waals surface area contributed by atoms with Crippen molar-refractivity contribution in [2.45, 2.75) is 6.92 Å². The summed E-state index contributed by atoms with van der Waals surface area (Å²) in [7, 11) is 0. The highest BCUT2D eigenvalue weighted by Crippen LogP contribution is 2.34. The fourth-order valence-electron chi connectivity index (χ4n) is 3.56. The van der Waals surface area contributed by atoms with Crippen LogP contribution in [0.5, 0.6) is 0 Å². The molecule has 0 radical (unpaired) electrons. The van der Waals surface area contributed by atoms with E-state index in [4.69, 9.17) is 4.98 Å². The molecule has 0 spiro atoms. The topological polar surface area (TPSA) is 17.8 Å². The molecule has 26 heavy (non-hydrogen) atoms. The normalized spacial score (nSPS) is 11.9.